The van der Waals surface area contributed by atoms with E-state index in [0.29, 0.717) is 30.6 Å². The maximum atomic E-state index is 5.65. The van der Waals surface area contributed by atoms with Gasteiger partial charge in [0.2, 0.25) is 0 Å². The number of para-hydroxylation sites is 1. The number of hydrogen-bond donors (Lipinski definition) is 0. The summed E-state index contributed by atoms with van der Waals surface area (Å²) in [5.41, 5.74) is 0.919. The van der Waals surface area contributed by atoms with Gasteiger partial charge < -0.3 is 9.15 Å². The van der Waals surface area contributed by atoms with Crippen molar-refractivity contribution in [1.29, 1.82) is 0 Å². The first-order valence-electron chi connectivity index (χ1n) is 5.58. The van der Waals surface area contributed by atoms with Crippen molar-refractivity contribution in [2.45, 2.75) is 13.3 Å². The summed E-state index contributed by atoms with van der Waals surface area (Å²) in [4.78, 5) is 4.18. The van der Waals surface area contributed by atoms with Crippen molar-refractivity contribution in [3.05, 3.63) is 36.4 Å². The summed E-state index contributed by atoms with van der Waals surface area (Å²) < 4.78 is 11.2. The minimum absolute atomic E-state index is 0.507. The number of oxazole rings is 1. The molecule has 0 unspecified atom stereocenters. The Morgan fingerprint density at radius 2 is 2.18 bits per heavy atom. The highest BCUT2D eigenvalue weighted by molar-refractivity contribution is 6.17. The molecule has 2 rings (SSSR count). The molecule has 0 fully saturated rings. The number of aryl methyl sites for hydroxylation is 1. The smallest absolute Gasteiger partial charge is 0.196 e. The van der Waals surface area contributed by atoms with Crippen molar-refractivity contribution in [1.82, 2.24) is 4.98 Å². The van der Waals surface area contributed by atoms with Gasteiger partial charge in [0.1, 0.15) is 5.75 Å². The van der Waals surface area contributed by atoms with E-state index in [-0.39, 0.29) is 0 Å². The van der Waals surface area contributed by atoms with Crippen LogP contribution < -0.4 is 4.74 Å². The molecule has 0 saturated carbocycles. The number of aromatic nitrogens is 1. The van der Waals surface area contributed by atoms with Crippen LogP contribution in [-0.2, 0) is 6.42 Å². The Morgan fingerprint density at radius 1 is 1.35 bits per heavy atom. The van der Waals surface area contributed by atoms with Gasteiger partial charge in [-0.25, -0.2) is 4.98 Å². The van der Waals surface area contributed by atoms with Crippen LogP contribution in [0.25, 0.3) is 11.3 Å². The predicted octanol–water partition coefficient (Wildman–Crippen LogP) is 3.52. The second-order valence-corrected chi connectivity index (χ2v) is 3.86. The summed E-state index contributed by atoms with van der Waals surface area (Å²) in [6, 6.07) is 7.75. The molecule has 17 heavy (non-hydrogen) atoms. The van der Waals surface area contributed by atoms with Gasteiger partial charge in [-0.1, -0.05) is 12.1 Å². The van der Waals surface area contributed by atoms with Crippen LogP contribution in [-0.4, -0.2) is 17.5 Å². The largest absolute Gasteiger partial charge is 0.493 e. The molecule has 1 aromatic heterocycles. The molecule has 1 aromatic carbocycles. The molecule has 0 bridgehead atoms. The highest BCUT2D eigenvalue weighted by Gasteiger charge is 2.10. The van der Waals surface area contributed by atoms with Gasteiger partial charge in [-0.2, -0.15) is 0 Å². The van der Waals surface area contributed by atoms with Crippen molar-refractivity contribution >= 4 is 11.6 Å². The van der Waals surface area contributed by atoms with Crippen molar-refractivity contribution in [2.75, 3.05) is 12.5 Å². The second kappa shape index (κ2) is 5.73. The van der Waals surface area contributed by atoms with Gasteiger partial charge in [-0.15, -0.1) is 11.6 Å². The van der Waals surface area contributed by atoms with Crippen molar-refractivity contribution in [3.63, 3.8) is 0 Å². The lowest BCUT2D eigenvalue weighted by Gasteiger charge is -2.06. The Labute approximate surface area is 105 Å². The molecular weight excluding hydrogens is 238 g/mol. The van der Waals surface area contributed by atoms with Crippen molar-refractivity contribution in [3.8, 4) is 17.1 Å². The number of halogens is 1. The maximum Gasteiger partial charge on any atom is 0.196 e. The first-order chi connectivity index (χ1) is 8.35. The van der Waals surface area contributed by atoms with E-state index in [9.17, 15) is 0 Å². The molecule has 2 aromatic rings. The average molecular weight is 252 g/mol. The van der Waals surface area contributed by atoms with Crippen LogP contribution >= 0.6 is 11.6 Å². The van der Waals surface area contributed by atoms with Crippen molar-refractivity contribution in [2.24, 2.45) is 0 Å². The van der Waals surface area contributed by atoms with Gasteiger partial charge in [0.25, 0.3) is 0 Å². The number of rotatable bonds is 5. The summed E-state index contributed by atoms with van der Waals surface area (Å²) in [6.07, 6.45) is 2.35. The Bertz CT molecular complexity index is 482. The van der Waals surface area contributed by atoms with E-state index in [1.807, 2.05) is 31.2 Å². The van der Waals surface area contributed by atoms with Gasteiger partial charge in [0, 0.05) is 12.3 Å². The first kappa shape index (κ1) is 12.0. The normalized spacial score (nSPS) is 10.5. The minimum atomic E-state index is 0.507. The Morgan fingerprint density at radius 3 is 2.94 bits per heavy atom. The summed E-state index contributed by atoms with van der Waals surface area (Å²) in [6.45, 7) is 2.58. The molecule has 0 radical (unpaired) electrons. The molecule has 0 N–H and O–H groups in total. The summed E-state index contributed by atoms with van der Waals surface area (Å²) in [5.74, 6) is 2.69. The Kier molecular flexibility index (Phi) is 4.04. The molecule has 4 heteroatoms. The third kappa shape index (κ3) is 2.80. The Balaban J connectivity index is 2.31. The van der Waals surface area contributed by atoms with Crippen LogP contribution in [0.2, 0.25) is 0 Å². The lowest BCUT2D eigenvalue weighted by molar-refractivity contribution is 0.340. The summed E-state index contributed by atoms with van der Waals surface area (Å²) in [7, 11) is 0. The molecular formula is C13H14ClNO2. The zero-order valence-electron chi connectivity index (χ0n) is 9.65. The molecule has 0 aliphatic carbocycles. The third-order valence-electron chi connectivity index (χ3n) is 2.31. The lowest BCUT2D eigenvalue weighted by atomic mass is 10.1. The zero-order valence-corrected chi connectivity index (χ0v) is 10.4. The molecule has 0 saturated heterocycles. The van der Waals surface area contributed by atoms with Crippen LogP contribution in [0.1, 0.15) is 12.8 Å². The van der Waals surface area contributed by atoms with Crippen LogP contribution in [0.3, 0.4) is 0 Å². The average Bonchev–Trinajstić information content (AvgIpc) is 2.79. The van der Waals surface area contributed by atoms with Gasteiger partial charge in [0.05, 0.1) is 18.4 Å². The molecule has 3 nitrogen and oxygen atoms in total. The maximum absolute atomic E-state index is 5.65. The monoisotopic (exact) mass is 251 g/mol. The standard InChI is InChI=1S/C13H14ClNO2/c1-2-16-11-6-4-3-5-10(11)12-9-15-13(17-12)7-8-14/h3-6,9H,2,7-8H2,1H3. The summed E-state index contributed by atoms with van der Waals surface area (Å²) in [5, 5.41) is 0. The number of alkyl halides is 1. The van der Waals surface area contributed by atoms with E-state index in [4.69, 9.17) is 20.8 Å². The fourth-order valence-corrected chi connectivity index (χ4v) is 1.74. The van der Waals surface area contributed by atoms with Crippen LogP contribution in [0.15, 0.2) is 34.9 Å². The third-order valence-corrected chi connectivity index (χ3v) is 2.50. The number of benzene rings is 1. The molecule has 90 valence electrons. The van der Waals surface area contributed by atoms with E-state index < -0.39 is 0 Å². The predicted molar refractivity (Wildman–Crippen MR) is 67.5 cm³/mol. The molecule has 0 spiro atoms. The Hall–Kier alpha value is -1.48. The minimum Gasteiger partial charge on any atom is -0.493 e. The topological polar surface area (TPSA) is 35.3 Å². The SMILES string of the molecule is CCOc1ccccc1-c1cnc(CCCl)o1. The number of hydrogen-bond acceptors (Lipinski definition) is 3. The lowest BCUT2D eigenvalue weighted by Crippen LogP contribution is -1.93. The molecule has 0 aliphatic heterocycles. The van der Waals surface area contributed by atoms with E-state index in [1.54, 1.807) is 6.20 Å². The quantitative estimate of drug-likeness (QED) is 0.763. The van der Waals surface area contributed by atoms with E-state index in [1.165, 1.54) is 0 Å². The number of ether oxygens (including phenoxy) is 1. The van der Waals surface area contributed by atoms with Gasteiger partial charge in [0.15, 0.2) is 11.7 Å². The molecule has 0 atom stereocenters. The van der Waals surface area contributed by atoms with Crippen molar-refractivity contribution < 1.29 is 9.15 Å². The van der Waals surface area contributed by atoms with Gasteiger partial charge in [-0.3, -0.25) is 0 Å². The fraction of sp³-hybridized carbons (Fsp3) is 0.308. The first-order valence-corrected chi connectivity index (χ1v) is 6.11. The summed E-state index contributed by atoms with van der Waals surface area (Å²) >= 11 is 5.65. The van der Waals surface area contributed by atoms with Gasteiger partial charge >= 0.3 is 0 Å². The second-order valence-electron chi connectivity index (χ2n) is 3.49. The zero-order chi connectivity index (χ0) is 12.1. The highest BCUT2D eigenvalue weighted by Crippen LogP contribution is 2.30. The van der Waals surface area contributed by atoms with Crippen LogP contribution in [0.5, 0.6) is 5.75 Å². The van der Waals surface area contributed by atoms with E-state index in [2.05, 4.69) is 4.98 Å². The fourth-order valence-electron chi connectivity index (χ4n) is 1.58. The molecule has 0 aliphatic rings. The molecule has 1 heterocycles. The van der Waals surface area contributed by atoms with Gasteiger partial charge in [-0.05, 0) is 19.1 Å². The molecule has 0 amide bonds. The van der Waals surface area contributed by atoms with Crippen LogP contribution in [0, 0.1) is 0 Å². The van der Waals surface area contributed by atoms with E-state index in [0.717, 1.165) is 11.3 Å². The number of nitrogens with zero attached hydrogens (tertiary/aromatic N) is 1. The van der Waals surface area contributed by atoms with E-state index >= 15 is 0 Å². The highest BCUT2D eigenvalue weighted by atomic mass is 35.5. The van der Waals surface area contributed by atoms with Crippen LogP contribution in [0.4, 0.5) is 0 Å².